The second-order valence-electron chi connectivity index (χ2n) is 3.72. The molecule has 0 saturated carbocycles. The highest BCUT2D eigenvalue weighted by Crippen LogP contribution is 2.20. The van der Waals surface area contributed by atoms with E-state index in [1.165, 1.54) is 0 Å². The molecule has 7 heteroatoms. The van der Waals surface area contributed by atoms with Gasteiger partial charge >= 0.3 is 0 Å². The van der Waals surface area contributed by atoms with Crippen molar-refractivity contribution in [1.82, 2.24) is 10.2 Å². The maximum Gasteiger partial charge on any atom is 0.242 e. The minimum Gasteiger partial charge on any atom is -0.346 e. The lowest BCUT2D eigenvalue weighted by Gasteiger charge is -2.32. The summed E-state index contributed by atoms with van der Waals surface area (Å²) in [4.78, 5) is 24.5. The molecule has 1 fully saturated rings. The van der Waals surface area contributed by atoms with Crippen LogP contribution in [0.1, 0.15) is 13.3 Å². The molecule has 0 aromatic carbocycles. The van der Waals surface area contributed by atoms with Gasteiger partial charge in [0.1, 0.15) is 0 Å². The van der Waals surface area contributed by atoms with Crippen LogP contribution in [0.4, 0.5) is 0 Å². The maximum absolute atomic E-state index is 11.7. The molecule has 1 atom stereocenters. The molecular formula is C10H20ClN3O2S. The van der Waals surface area contributed by atoms with Gasteiger partial charge in [0.05, 0.1) is 13.1 Å². The minimum atomic E-state index is -0.285. The van der Waals surface area contributed by atoms with Crippen molar-refractivity contribution in [1.29, 1.82) is 0 Å². The van der Waals surface area contributed by atoms with Crippen LogP contribution in [0, 0.1) is 0 Å². The van der Waals surface area contributed by atoms with E-state index in [-0.39, 0.29) is 37.3 Å². The first-order chi connectivity index (χ1) is 7.67. The standard InChI is InChI=1S/C10H19N3O2S.ClH/c1-2-8-7-13(3-4-16-8)10(15)6-12-9(14)5-11;/h8H,2-7,11H2,1H3,(H,12,14);1H. The van der Waals surface area contributed by atoms with Gasteiger partial charge in [-0.15, -0.1) is 12.4 Å². The highest BCUT2D eigenvalue weighted by molar-refractivity contribution is 8.00. The van der Waals surface area contributed by atoms with Crippen molar-refractivity contribution in [2.24, 2.45) is 5.73 Å². The number of halogens is 1. The Morgan fingerprint density at radius 1 is 1.53 bits per heavy atom. The summed E-state index contributed by atoms with van der Waals surface area (Å²) in [5, 5.41) is 3.03. The lowest BCUT2D eigenvalue weighted by Crippen LogP contribution is -2.47. The van der Waals surface area contributed by atoms with Crippen LogP contribution in [0.25, 0.3) is 0 Å². The summed E-state index contributed by atoms with van der Waals surface area (Å²) >= 11 is 1.91. The molecule has 0 radical (unpaired) electrons. The zero-order valence-corrected chi connectivity index (χ0v) is 11.6. The third-order valence-electron chi connectivity index (χ3n) is 2.57. The lowest BCUT2D eigenvalue weighted by atomic mass is 10.3. The molecule has 5 nitrogen and oxygen atoms in total. The quantitative estimate of drug-likeness (QED) is 0.751. The number of hydrogen-bond donors (Lipinski definition) is 2. The summed E-state index contributed by atoms with van der Waals surface area (Å²) in [6.45, 7) is 3.69. The number of hydrogen-bond acceptors (Lipinski definition) is 4. The van der Waals surface area contributed by atoms with Crippen LogP contribution in [0.15, 0.2) is 0 Å². The Balaban J connectivity index is 0.00000256. The molecule has 1 rings (SSSR count). The molecule has 100 valence electrons. The molecule has 0 aliphatic carbocycles. The van der Waals surface area contributed by atoms with E-state index in [9.17, 15) is 9.59 Å². The summed E-state index contributed by atoms with van der Waals surface area (Å²) < 4.78 is 0. The molecule has 0 aromatic rings. The van der Waals surface area contributed by atoms with Gasteiger partial charge in [-0.2, -0.15) is 11.8 Å². The number of amides is 2. The topological polar surface area (TPSA) is 75.4 Å². The van der Waals surface area contributed by atoms with E-state index in [1.54, 1.807) is 0 Å². The van der Waals surface area contributed by atoms with Gasteiger partial charge in [-0.05, 0) is 6.42 Å². The SMILES string of the molecule is CCC1CN(C(=O)CNC(=O)CN)CCS1.Cl. The Labute approximate surface area is 112 Å². The Hall–Kier alpha value is -0.460. The summed E-state index contributed by atoms with van der Waals surface area (Å²) in [5.74, 6) is 0.682. The second-order valence-corrected chi connectivity index (χ2v) is 5.13. The number of thioether (sulfide) groups is 1. The van der Waals surface area contributed by atoms with Crippen LogP contribution in [-0.4, -0.2) is 53.9 Å². The molecule has 2 amide bonds. The number of nitrogens with two attached hydrogens (primary N) is 1. The number of rotatable bonds is 4. The average Bonchev–Trinajstić information content (AvgIpc) is 2.35. The van der Waals surface area contributed by atoms with Crippen LogP contribution in [0.3, 0.4) is 0 Å². The Morgan fingerprint density at radius 2 is 2.24 bits per heavy atom. The second kappa shape index (κ2) is 8.60. The summed E-state index contributed by atoms with van der Waals surface area (Å²) in [7, 11) is 0. The summed E-state index contributed by atoms with van der Waals surface area (Å²) in [6, 6.07) is 0. The van der Waals surface area contributed by atoms with E-state index in [0.29, 0.717) is 5.25 Å². The molecule has 1 unspecified atom stereocenters. The van der Waals surface area contributed by atoms with Gasteiger partial charge in [-0.3, -0.25) is 9.59 Å². The number of nitrogens with one attached hydrogen (secondary N) is 1. The predicted octanol–water partition coefficient (Wildman–Crippen LogP) is -0.163. The molecule has 1 aliphatic rings. The van der Waals surface area contributed by atoms with Crippen molar-refractivity contribution in [2.75, 3.05) is 31.9 Å². The summed E-state index contributed by atoms with van der Waals surface area (Å²) in [5.41, 5.74) is 5.14. The van der Waals surface area contributed by atoms with Crippen LogP contribution in [0.2, 0.25) is 0 Å². The molecule has 17 heavy (non-hydrogen) atoms. The zero-order valence-electron chi connectivity index (χ0n) is 9.98. The van der Waals surface area contributed by atoms with Crippen LogP contribution < -0.4 is 11.1 Å². The number of carbonyl (C=O) groups excluding carboxylic acids is 2. The van der Waals surface area contributed by atoms with E-state index < -0.39 is 0 Å². The van der Waals surface area contributed by atoms with Gasteiger partial charge in [-0.25, -0.2) is 0 Å². The number of nitrogens with zero attached hydrogens (tertiary/aromatic N) is 1. The van der Waals surface area contributed by atoms with Gasteiger partial charge in [-0.1, -0.05) is 6.92 Å². The van der Waals surface area contributed by atoms with E-state index in [1.807, 2.05) is 16.7 Å². The third-order valence-corrected chi connectivity index (χ3v) is 3.94. The number of carbonyl (C=O) groups is 2. The smallest absolute Gasteiger partial charge is 0.242 e. The van der Waals surface area contributed by atoms with Gasteiger partial charge in [0, 0.05) is 24.1 Å². The minimum absolute atomic E-state index is 0. The van der Waals surface area contributed by atoms with Gasteiger partial charge in [0.15, 0.2) is 0 Å². The molecule has 3 N–H and O–H groups in total. The first kappa shape index (κ1) is 16.5. The van der Waals surface area contributed by atoms with Crippen molar-refractivity contribution in [3.05, 3.63) is 0 Å². The Kier molecular flexibility index (Phi) is 8.37. The zero-order chi connectivity index (χ0) is 12.0. The average molecular weight is 282 g/mol. The third kappa shape index (κ3) is 5.61. The monoisotopic (exact) mass is 281 g/mol. The van der Waals surface area contributed by atoms with Crippen molar-refractivity contribution < 1.29 is 9.59 Å². The van der Waals surface area contributed by atoms with Crippen molar-refractivity contribution in [2.45, 2.75) is 18.6 Å². The van der Waals surface area contributed by atoms with Crippen molar-refractivity contribution in [3.63, 3.8) is 0 Å². The van der Waals surface area contributed by atoms with Gasteiger partial charge in [0.25, 0.3) is 0 Å². The first-order valence-corrected chi connectivity index (χ1v) is 6.58. The fourth-order valence-corrected chi connectivity index (χ4v) is 2.73. The largest absolute Gasteiger partial charge is 0.346 e. The van der Waals surface area contributed by atoms with E-state index in [2.05, 4.69) is 12.2 Å². The summed E-state index contributed by atoms with van der Waals surface area (Å²) in [6.07, 6.45) is 1.07. The van der Waals surface area contributed by atoms with Crippen LogP contribution >= 0.6 is 24.2 Å². The van der Waals surface area contributed by atoms with E-state index >= 15 is 0 Å². The molecule has 1 heterocycles. The van der Waals surface area contributed by atoms with Crippen LogP contribution in [-0.2, 0) is 9.59 Å². The maximum atomic E-state index is 11.7. The van der Waals surface area contributed by atoms with Crippen molar-refractivity contribution >= 4 is 36.0 Å². The molecule has 0 bridgehead atoms. The van der Waals surface area contributed by atoms with Crippen molar-refractivity contribution in [3.8, 4) is 0 Å². The first-order valence-electron chi connectivity index (χ1n) is 5.53. The normalized spacial score (nSPS) is 19.4. The fourth-order valence-electron chi connectivity index (χ4n) is 1.55. The Morgan fingerprint density at radius 3 is 2.82 bits per heavy atom. The molecule has 1 aliphatic heterocycles. The predicted molar refractivity (Wildman–Crippen MR) is 72.4 cm³/mol. The highest BCUT2D eigenvalue weighted by Gasteiger charge is 2.22. The lowest BCUT2D eigenvalue weighted by molar-refractivity contribution is -0.132. The molecule has 1 saturated heterocycles. The van der Waals surface area contributed by atoms with Gasteiger partial charge < -0.3 is 16.0 Å². The molecule has 0 spiro atoms. The van der Waals surface area contributed by atoms with Gasteiger partial charge in [0.2, 0.25) is 11.8 Å². The molecular weight excluding hydrogens is 262 g/mol. The molecule has 0 aromatic heterocycles. The van der Waals surface area contributed by atoms with Crippen LogP contribution in [0.5, 0.6) is 0 Å². The Bertz CT molecular complexity index is 266. The fraction of sp³-hybridized carbons (Fsp3) is 0.800. The van der Waals surface area contributed by atoms with E-state index in [0.717, 1.165) is 25.3 Å². The highest BCUT2D eigenvalue weighted by atomic mass is 35.5. The van der Waals surface area contributed by atoms with E-state index in [4.69, 9.17) is 5.73 Å².